The second kappa shape index (κ2) is 45.5. The van der Waals surface area contributed by atoms with Crippen LogP contribution in [-0.2, 0) is 28.6 Å². The number of rotatable bonds is 46. The molecule has 57 heavy (non-hydrogen) atoms. The van der Waals surface area contributed by atoms with Gasteiger partial charge in [0.2, 0.25) is 0 Å². The molecule has 0 bridgehead atoms. The summed E-state index contributed by atoms with van der Waals surface area (Å²) in [6, 6.07) is 0. The van der Waals surface area contributed by atoms with Crippen molar-refractivity contribution in [3.63, 3.8) is 0 Å². The minimum atomic E-state index is -0.760. The summed E-state index contributed by atoms with van der Waals surface area (Å²) in [5, 5.41) is 0. The molecule has 0 N–H and O–H groups in total. The van der Waals surface area contributed by atoms with Crippen molar-refractivity contribution in [2.75, 3.05) is 13.2 Å². The van der Waals surface area contributed by atoms with Crippen molar-refractivity contribution in [3.05, 3.63) is 0 Å². The van der Waals surface area contributed by atoms with Gasteiger partial charge in [-0.05, 0) is 25.2 Å². The average Bonchev–Trinajstić information content (AvgIpc) is 3.21. The highest BCUT2D eigenvalue weighted by atomic mass is 16.6. The largest absolute Gasteiger partial charge is 0.462 e. The predicted octanol–water partition coefficient (Wildman–Crippen LogP) is 16.3. The van der Waals surface area contributed by atoms with Gasteiger partial charge in [0, 0.05) is 19.3 Å². The van der Waals surface area contributed by atoms with Gasteiger partial charge in [0.25, 0.3) is 0 Å². The molecule has 0 aliphatic rings. The Bertz CT molecular complexity index is 859. The first-order valence-electron chi connectivity index (χ1n) is 25.4. The van der Waals surface area contributed by atoms with Crippen molar-refractivity contribution >= 4 is 17.9 Å². The van der Waals surface area contributed by atoms with Crippen LogP contribution in [0.15, 0.2) is 0 Å². The standard InChI is InChI=1S/C51H98O6/c1-5-8-10-12-14-16-18-20-22-26-30-34-38-42-49(52)55-45-48(57-51(54)44-40-36-32-28-21-19-17-15-13-11-9-6-2)46-56-50(53)43-39-35-31-27-24-23-25-29-33-37-41-47(4)7-3/h47-48H,5-46H2,1-4H3/t47?,48-/m1/s1. The van der Waals surface area contributed by atoms with E-state index >= 15 is 0 Å². The molecule has 0 aromatic carbocycles. The zero-order valence-electron chi connectivity index (χ0n) is 38.8. The smallest absolute Gasteiger partial charge is 0.306 e. The fourth-order valence-corrected chi connectivity index (χ4v) is 7.66. The lowest BCUT2D eigenvalue weighted by atomic mass is 9.99. The van der Waals surface area contributed by atoms with Crippen molar-refractivity contribution in [1.82, 2.24) is 0 Å². The highest BCUT2D eigenvalue weighted by Crippen LogP contribution is 2.17. The minimum Gasteiger partial charge on any atom is -0.462 e. The van der Waals surface area contributed by atoms with Crippen LogP contribution in [0.1, 0.15) is 285 Å². The summed E-state index contributed by atoms with van der Waals surface area (Å²) in [5.41, 5.74) is 0. The van der Waals surface area contributed by atoms with E-state index in [0.717, 1.165) is 63.7 Å². The number of ether oxygens (including phenoxy) is 3. The van der Waals surface area contributed by atoms with E-state index in [4.69, 9.17) is 14.2 Å². The molecule has 0 heterocycles. The van der Waals surface area contributed by atoms with Gasteiger partial charge in [-0.1, -0.05) is 246 Å². The Labute approximate surface area is 355 Å². The minimum absolute atomic E-state index is 0.0629. The molecule has 0 fully saturated rings. The molecular formula is C51H98O6. The number of esters is 3. The highest BCUT2D eigenvalue weighted by molar-refractivity contribution is 5.71. The summed E-state index contributed by atoms with van der Waals surface area (Å²) in [4.78, 5) is 37.9. The molecule has 0 saturated carbocycles. The number of hydrogen-bond acceptors (Lipinski definition) is 6. The first kappa shape index (κ1) is 55.4. The van der Waals surface area contributed by atoms with Gasteiger partial charge in [0.05, 0.1) is 0 Å². The van der Waals surface area contributed by atoms with Gasteiger partial charge >= 0.3 is 17.9 Å². The fourth-order valence-electron chi connectivity index (χ4n) is 7.66. The summed E-state index contributed by atoms with van der Waals surface area (Å²) in [7, 11) is 0. The third kappa shape index (κ3) is 43.8. The molecule has 0 aromatic rings. The lowest BCUT2D eigenvalue weighted by Gasteiger charge is -2.18. The quantitative estimate of drug-likeness (QED) is 0.0346. The van der Waals surface area contributed by atoms with Gasteiger partial charge in [0.1, 0.15) is 13.2 Å². The Hall–Kier alpha value is -1.59. The Morgan fingerprint density at radius 2 is 0.614 bits per heavy atom. The van der Waals surface area contributed by atoms with Crippen LogP contribution in [0.4, 0.5) is 0 Å². The molecule has 0 spiro atoms. The fraction of sp³-hybridized carbons (Fsp3) is 0.941. The van der Waals surface area contributed by atoms with E-state index < -0.39 is 6.10 Å². The van der Waals surface area contributed by atoms with Crippen LogP contribution in [0, 0.1) is 5.92 Å². The molecule has 0 aromatic heterocycles. The summed E-state index contributed by atoms with van der Waals surface area (Å²) >= 11 is 0. The number of unbranched alkanes of at least 4 members (excludes halogenated alkanes) is 32. The molecule has 0 amide bonds. The zero-order valence-corrected chi connectivity index (χ0v) is 38.8. The first-order chi connectivity index (χ1) is 27.9. The van der Waals surface area contributed by atoms with E-state index in [1.54, 1.807) is 0 Å². The Morgan fingerprint density at radius 1 is 0.351 bits per heavy atom. The van der Waals surface area contributed by atoms with Crippen molar-refractivity contribution < 1.29 is 28.6 Å². The second-order valence-corrected chi connectivity index (χ2v) is 17.7. The molecule has 0 rings (SSSR count). The topological polar surface area (TPSA) is 78.9 Å². The van der Waals surface area contributed by atoms with Crippen molar-refractivity contribution in [3.8, 4) is 0 Å². The van der Waals surface area contributed by atoms with E-state index in [0.29, 0.717) is 19.3 Å². The molecule has 0 saturated heterocycles. The van der Waals surface area contributed by atoms with Gasteiger partial charge < -0.3 is 14.2 Å². The van der Waals surface area contributed by atoms with E-state index in [2.05, 4.69) is 27.7 Å². The van der Waals surface area contributed by atoms with Gasteiger partial charge in [-0.25, -0.2) is 0 Å². The molecule has 2 atom stereocenters. The normalized spacial score (nSPS) is 12.4. The van der Waals surface area contributed by atoms with Crippen LogP contribution in [0.2, 0.25) is 0 Å². The molecule has 6 nitrogen and oxygen atoms in total. The van der Waals surface area contributed by atoms with Crippen molar-refractivity contribution in [2.45, 2.75) is 291 Å². The first-order valence-corrected chi connectivity index (χ1v) is 25.4. The van der Waals surface area contributed by atoms with Crippen LogP contribution in [0.25, 0.3) is 0 Å². The second-order valence-electron chi connectivity index (χ2n) is 17.7. The van der Waals surface area contributed by atoms with Crippen LogP contribution >= 0.6 is 0 Å². The molecule has 338 valence electrons. The summed E-state index contributed by atoms with van der Waals surface area (Å²) in [6.07, 6.45) is 46.4. The third-order valence-electron chi connectivity index (χ3n) is 11.9. The Balaban J connectivity index is 4.32. The maximum Gasteiger partial charge on any atom is 0.306 e. The van der Waals surface area contributed by atoms with E-state index in [1.165, 1.54) is 180 Å². The maximum absolute atomic E-state index is 12.8. The lowest BCUT2D eigenvalue weighted by Crippen LogP contribution is -2.30. The van der Waals surface area contributed by atoms with Crippen LogP contribution in [-0.4, -0.2) is 37.2 Å². The Kier molecular flexibility index (Phi) is 44.2. The van der Waals surface area contributed by atoms with Crippen molar-refractivity contribution in [2.24, 2.45) is 5.92 Å². The molecule has 0 aliphatic heterocycles. The molecule has 1 unspecified atom stereocenters. The zero-order chi connectivity index (χ0) is 41.7. The van der Waals surface area contributed by atoms with Crippen molar-refractivity contribution in [1.29, 1.82) is 0 Å². The van der Waals surface area contributed by atoms with Gasteiger partial charge in [-0.2, -0.15) is 0 Å². The van der Waals surface area contributed by atoms with Gasteiger partial charge in [-0.15, -0.1) is 0 Å². The highest BCUT2D eigenvalue weighted by Gasteiger charge is 2.19. The van der Waals surface area contributed by atoms with Crippen LogP contribution in [0.3, 0.4) is 0 Å². The molecule has 0 radical (unpaired) electrons. The number of hydrogen-bond donors (Lipinski definition) is 0. The maximum atomic E-state index is 12.8. The predicted molar refractivity (Wildman–Crippen MR) is 243 cm³/mol. The van der Waals surface area contributed by atoms with Crippen LogP contribution < -0.4 is 0 Å². The molecule has 6 heteroatoms. The van der Waals surface area contributed by atoms with Crippen LogP contribution in [0.5, 0.6) is 0 Å². The monoisotopic (exact) mass is 807 g/mol. The van der Waals surface area contributed by atoms with E-state index in [9.17, 15) is 14.4 Å². The van der Waals surface area contributed by atoms with E-state index in [1.807, 2.05) is 0 Å². The van der Waals surface area contributed by atoms with Gasteiger partial charge in [-0.3, -0.25) is 14.4 Å². The summed E-state index contributed by atoms with van der Waals surface area (Å²) in [6.45, 7) is 9.04. The number of carbonyl (C=O) groups is 3. The lowest BCUT2D eigenvalue weighted by molar-refractivity contribution is -0.167. The SMILES string of the molecule is CCCCCCCCCCCCCCCC(=O)OC[C@H](COC(=O)CCCCCCCCCCCCC(C)CC)OC(=O)CCCCCCCCCCCCCC. The van der Waals surface area contributed by atoms with E-state index in [-0.39, 0.29) is 31.1 Å². The number of carbonyl (C=O) groups excluding carboxylic acids is 3. The van der Waals surface area contributed by atoms with Gasteiger partial charge in [0.15, 0.2) is 6.10 Å². The Morgan fingerprint density at radius 3 is 0.912 bits per heavy atom. The summed E-state index contributed by atoms with van der Waals surface area (Å²) < 4.78 is 16.8. The summed E-state index contributed by atoms with van der Waals surface area (Å²) in [5.74, 6) is 0.0238. The molecular weight excluding hydrogens is 709 g/mol. The average molecular weight is 807 g/mol. The third-order valence-corrected chi connectivity index (χ3v) is 11.9. The molecule has 0 aliphatic carbocycles.